The molecule has 9 nitrogen and oxygen atoms in total. The number of halogens is 1. The lowest BCUT2D eigenvalue weighted by molar-refractivity contribution is -0.388. The molecule has 0 radical (unpaired) electrons. The quantitative estimate of drug-likeness (QED) is 0.370. The van der Waals surface area contributed by atoms with Gasteiger partial charge in [-0.3, -0.25) is 10.1 Å². The summed E-state index contributed by atoms with van der Waals surface area (Å²) in [6.45, 7) is 0.832. The zero-order valence-corrected chi connectivity index (χ0v) is 18.5. The standard InChI is InChI=1S/C19H17ClN4O5S2/c20-15-7-3-2-6-14(15)18-21-22-19(29-18)30-17-9-8-13(12-16(17)24(25)26)31(27,28)23-10-4-1-5-11-23/h2-3,6-9,12H,1,4-5,10-11H2. The molecule has 3 aromatic rings. The third-order valence-corrected chi connectivity index (χ3v) is 7.92. The highest BCUT2D eigenvalue weighted by atomic mass is 35.5. The summed E-state index contributed by atoms with van der Waals surface area (Å²) >= 11 is 7.02. The maximum atomic E-state index is 12.9. The van der Waals surface area contributed by atoms with E-state index in [2.05, 4.69) is 10.2 Å². The molecule has 2 aromatic carbocycles. The third kappa shape index (κ3) is 4.59. The van der Waals surface area contributed by atoms with Crippen LogP contribution in [-0.2, 0) is 10.0 Å². The van der Waals surface area contributed by atoms with Crippen molar-refractivity contribution in [3.63, 3.8) is 0 Å². The minimum atomic E-state index is -3.79. The van der Waals surface area contributed by atoms with Crippen molar-refractivity contribution in [2.45, 2.75) is 34.3 Å². The van der Waals surface area contributed by atoms with E-state index in [0.29, 0.717) is 23.7 Å². The highest BCUT2D eigenvalue weighted by molar-refractivity contribution is 7.99. The van der Waals surface area contributed by atoms with Crippen molar-refractivity contribution in [3.05, 3.63) is 57.6 Å². The van der Waals surface area contributed by atoms with Crippen molar-refractivity contribution in [2.75, 3.05) is 13.1 Å². The number of sulfonamides is 1. The summed E-state index contributed by atoms with van der Waals surface area (Å²) in [6.07, 6.45) is 2.53. The minimum absolute atomic E-state index is 0.0738. The Morgan fingerprint density at radius 1 is 1.10 bits per heavy atom. The van der Waals surface area contributed by atoms with Crippen LogP contribution in [0.15, 0.2) is 61.9 Å². The molecule has 0 saturated carbocycles. The van der Waals surface area contributed by atoms with E-state index >= 15 is 0 Å². The van der Waals surface area contributed by atoms with E-state index in [4.69, 9.17) is 16.0 Å². The second-order valence-electron chi connectivity index (χ2n) is 6.81. The number of nitrogens with zero attached hydrogens (tertiary/aromatic N) is 4. The summed E-state index contributed by atoms with van der Waals surface area (Å²) in [5.74, 6) is 0.181. The van der Waals surface area contributed by atoms with Gasteiger partial charge in [0.15, 0.2) is 0 Å². The topological polar surface area (TPSA) is 119 Å². The number of aromatic nitrogens is 2. The smallest absolute Gasteiger partial charge is 0.284 e. The van der Waals surface area contributed by atoms with Gasteiger partial charge in [-0.2, -0.15) is 4.31 Å². The fourth-order valence-corrected chi connectivity index (χ4v) is 5.75. The highest BCUT2D eigenvalue weighted by Crippen LogP contribution is 2.38. The van der Waals surface area contributed by atoms with Gasteiger partial charge in [0.1, 0.15) is 0 Å². The Hall–Kier alpha value is -2.47. The van der Waals surface area contributed by atoms with Crippen molar-refractivity contribution in [1.82, 2.24) is 14.5 Å². The summed E-state index contributed by atoms with van der Waals surface area (Å²) in [5, 5.41) is 20.0. The Morgan fingerprint density at radius 3 is 2.55 bits per heavy atom. The molecule has 162 valence electrons. The molecular formula is C19H17ClN4O5S2. The highest BCUT2D eigenvalue weighted by Gasteiger charge is 2.29. The Balaban J connectivity index is 1.62. The molecular weight excluding hydrogens is 464 g/mol. The van der Waals surface area contributed by atoms with Gasteiger partial charge in [-0.1, -0.05) is 30.2 Å². The fourth-order valence-electron chi connectivity index (χ4n) is 3.23. The van der Waals surface area contributed by atoms with Crippen LogP contribution in [0.4, 0.5) is 5.69 Å². The molecule has 12 heteroatoms. The molecule has 1 aliphatic rings. The molecule has 0 aliphatic carbocycles. The van der Waals surface area contributed by atoms with Crippen LogP contribution in [0.5, 0.6) is 0 Å². The normalized spacial score (nSPS) is 15.1. The van der Waals surface area contributed by atoms with Crippen molar-refractivity contribution >= 4 is 39.1 Å². The SMILES string of the molecule is O=[N+]([O-])c1cc(S(=O)(=O)N2CCCCC2)ccc1Sc1nnc(-c2ccccc2Cl)o1. The molecule has 0 N–H and O–H groups in total. The second-order valence-corrected chi connectivity index (χ2v) is 10.1. The monoisotopic (exact) mass is 480 g/mol. The first kappa shape index (κ1) is 21.8. The van der Waals surface area contributed by atoms with Crippen LogP contribution in [-0.4, -0.2) is 40.9 Å². The Bertz CT molecular complexity index is 1230. The first-order chi connectivity index (χ1) is 14.9. The van der Waals surface area contributed by atoms with Crippen LogP contribution in [0.25, 0.3) is 11.5 Å². The van der Waals surface area contributed by atoms with E-state index in [9.17, 15) is 18.5 Å². The molecule has 0 unspecified atom stereocenters. The predicted octanol–water partition coefficient (Wildman–Crippen LogP) is 4.62. The van der Waals surface area contributed by atoms with Crippen LogP contribution in [0.1, 0.15) is 19.3 Å². The number of nitro benzene ring substituents is 1. The van der Waals surface area contributed by atoms with Gasteiger partial charge in [-0.05, 0) is 48.9 Å². The summed E-state index contributed by atoms with van der Waals surface area (Å²) in [5.41, 5.74) is 0.196. The summed E-state index contributed by atoms with van der Waals surface area (Å²) < 4.78 is 32.7. The van der Waals surface area contributed by atoms with Gasteiger partial charge in [0.05, 0.1) is 25.3 Å². The molecule has 1 aliphatic heterocycles. The molecule has 0 atom stereocenters. The molecule has 0 amide bonds. The van der Waals surface area contributed by atoms with Crippen molar-refractivity contribution in [1.29, 1.82) is 0 Å². The van der Waals surface area contributed by atoms with Gasteiger partial charge in [0, 0.05) is 19.2 Å². The summed E-state index contributed by atoms with van der Waals surface area (Å²) in [6, 6.07) is 10.8. The summed E-state index contributed by atoms with van der Waals surface area (Å²) in [4.78, 5) is 11.1. The maximum absolute atomic E-state index is 12.9. The maximum Gasteiger partial charge on any atom is 0.284 e. The number of rotatable bonds is 6. The van der Waals surface area contributed by atoms with Crippen LogP contribution >= 0.6 is 23.4 Å². The molecule has 0 spiro atoms. The zero-order valence-electron chi connectivity index (χ0n) is 16.1. The van der Waals surface area contributed by atoms with E-state index in [-0.39, 0.29) is 26.6 Å². The lowest BCUT2D eigenvalue weighted by Gasteiger charge is -2.25. The Kier molecular flexibility index (Phi) is 6.28. The Morgan fingerprint density at radius 2 is 1.84 bits per heavy atom. The van der Waals surface area contributed by atoms with E-state index in [1.807, 2.05) is 0 Å². The van der Waals surface area contributed by atoms with Gasteiger partial charge in [-0.15, -0.1) is 10.2 Å². The van der Waals surface area contributed by atoms with E-state index in [0.717, 1.165) is 37.1 Å². The third-order valence-electron chi connectivity index (χ3n) is 4.79. The van der Waals surface area contributed by atoms with Gasteiger partial charge in [-0.25, -0.2) is 8.42 Å². The predicted molar refractivity (Wildman–Crippen MR) is 115 cm³/mol. The van der Waals surface area contributed by atoms with Gasteiger partial charge < -0.3 is 4.42 Å². The van der Waals surface area contributed by atoms with Crippen LogP contribution in [0.3, 0.4) is 0 Å². The van der Waals surface area contributed by atoms with Crippen LogP contribution in [0.2, 0.25) is 5.02 Å². The van der Waals surface area contributed by atoms with Crippen LogP contribution < -0.4 is 0 Å². The number of nitro groups is 1. The Labute approximate surface area is 187 Å². The molecule has 0 bridgehead atoms. The first-order valence-electron chi connectivity index (χ1n) is 9.41. The van der Waals surface area contributed by atoms with E-state index < -0.39 is 14.9 Å². The average Bonchev–Trinajstić information content (AvgIpc) is 3.23. The van der Waals surface area contributed by atoms with E-state index in [1.165, 1.54) is 16.4 Å². The molecule has 1 saturated heterocycles. The lowest BCUT2D eigenvalue weighted by Crippen LogP contribution is -2.35. The number of benzene rings is 2. The van der Waals surface area contributed by atoms with Crippen molar-refractivity contribution in [2.24, 2.45) is 0 Å². The van der Waals surface area contributed by atoms with Gasteiger partial charge in [0.25, 0.3) is 10.9 Å². The van der Waals surface area contributed by atoms with Gasteiger partial charge >= 0.3 is 0 Å². The minimum Gasteiger partial charge on any atom is -0.411 e. The molecule has 4 rings (SSSR count). The molecule has 1 aromatic heterocycles. The molecule has 2 heterocycles. The van der Waals surface area contributed by atoms with Crippen molar-refractivity contribution in [3.8, 4) is 11.5 Å². The molecule has 31 heavy (non-hydrogen) atoms. The first-order valence-corrected chi connectivity index (χ1v) is 12.0. The second kappa shape index (κ2) is 8.95. The lowest BCUT2D eigenvalue weighted by atomic mass is 10.2. The number of piperidine rings is 1. The zero-order chi connectivity index (χ0) is 22.0. The largest absolute Gasteiger partial charge is 0.411 e. The molecule has 1 fully saturated rings. The summed E-state index contributed by atoms with van der Waals surface area (Å²) in [7, 11) is -3.79. The van der Waals surface area contributed by atoms with Crippen LogP contribution in [0, 0.1) is 10.1 Å². The fraction of sp³-hybridized carbons (Fsp3) is 0.263. The number of hydrogen-bond donors (Lipinski definition) is 0. The number of hydrogen-bond acceptors (Lipinski definition) is 8. The van der Waals surface area contributed by atoms with Crippen molar-refractivity contribution < 1.29 is 17.8 Å². The van der Waals surface area contributed by atoms with Gasteiger partial charge in [0.2, 0.25) is 15.9 Å². The van der Waals surface area contributed by atoms with E-state index in [1.54, 1.807) is 24.3 Å². The average molecular weight is 481 g/mol.